The molecule has 0 saturated heterocycles. The van der Waals surface area contributed by atoms with Crippen LogP contribution in [0.2, 0.25) is 0 Å². The quantitative estimate of drug-likeness (QED) is 0.507. The highest BCUT2D eigenvalue weighted by atomic mass is 16.5. The molecule has 0 aliphatic carbocycles. The van der Waals surface area contributed by atoms with Gasteiger partial charge in [-0.25, -0.2) is 4.79 Å². The van der Waals surface area contributed by atoms with E-state index in [1.807, 2.05) is 0 Å². The molecule has 0 unspecified atom stereocenters. The topological polar surface area (TPSA) is 44.8 Å². The third-order valence-electron chi connectivity index (χ3n) is 2.19. The van der Waals surface area contributed by atoms with Gasteiger partial charge in [-0.1, -0.05) is 0 Å². The predicted molar refractivity (Wildman–Crippen MR) is 59.1 cm³/mol. The van der Waals surface area contributed by atoms with Crippen LogP contribution in [0.15, 0.2) is 12.1 Å². The van der Waals surface area contributed by atoms with E-state index in [1.165, 1.54) is 14.2 Å². The number of hydrogen-bond donors (Lipinski definition) is 0. The minimum Gasteiger partial charge on any atom is -0.497 e. The average molecular weight is 208 g/mol. The van der Waals surface area contributed by atoms with Gasteiger partial charge in [0.25, 0.3) is 0 Å². The summed E-state index contributed by atoms with van der Waals surface area (Å²) >= 11 is 0. The first-order valence-corrected chi connectivity index (χ1v) is 4.45. The van der Waals surface area contributed by atoms with Crippen LogP contribution in [-0.2, 0) is 4.74 Å². The second kappa shape index (κ2) is 4.73. The lowest BCUT2D eigenvalue weighted by atomic mass is 9.89. The van der Waals surface area contributed by atoms with Crippen LogP contribution in [-0.4, -0.2) is 35.1 Å². The van der Waals surface area contributed by atoms with Crippen LogP contribution in [0.4, 0.5) is 0 Å². The summed E-state index contributed by atoms with van der Waals surface area (Å²) in [5, 5.41) is 0. The normalized spacial score (nSPS) is 9.53. The number of methoxy groups -OCH3 is 3. The molecule has 1 aromatic rings. The Morgan fingerprint density at radius 1 is 1.20 bits per heavy atom. The number of carbonyl (C=O) groups excluding carboxylic acids is 1. The summed E-state index contributed by atoms with van der Waals surface area (Å²) in [4.78, 5) is 11.4. The van der Waals surface area contributed by atoms with Crippen LogP contribution in [0.5, 0.6) is 11.5 Å². The molecule has 0 N–H and O–H groups in total. The fourth-order valence-corrected chi connectivity index (χ4v) is 1.31. The van der Waals surface area contributed by atoms with Gasteiger partial charge in [-0.05, 0) is 11.5 Å². The van der Waals surface area contributed by atoms with Gasteiger partial charge in [0, 0.05) is 6.07 Å². The van der Waals surface area contributed by atoms with Gasteiger partial charge in [0.15, 0.2) is 0 Å². The summed E-state index contributed by atoms with van der Waals surface area (Å²) in [6.07, 6.45) is 0. The van der Waals surface area contributed by atoms with Crippen LogP contribution in [0.1, 0.15) is 10.4 Å². The molecule has 0 aliphatic heterocycles. The van der Waals surface area contributed by atoms with Crippen LogP contribution in [0, 0.1) is 0 Å². The van der Waals surface area contributed by atoms with Crippen molar-refractivity contribution in [1.29, 1.82) is 0 Å². The Morgan fingerprint density at radius 2 is 1.87 bits per heavy atom. The van der Waals surface area contributed by atoms with E-state index in [1.54, 1.807) is 27.1 Å². The number of esters is 1. The summed E-state index contributed by atoms with van der Waals surface area (Å²) in [7, 11) is 6.21. The van der Waals surface area contributed by atoms with Crippen molar-refractivity contribution < 1.29 is 19.0 Å². The molecule has 15 heavy (non-hydrogen) atoms. The fourth-order valence-electron chi connectivity index (χ4n) is 1.31. The zero-order valence-corrected chi connectivity index (χ0v) is 9.29. The van der Waals surface area contributed by atoms with Crippen molar-refractivity contribution in [1.82, 2.24) is 0 Å². The first-order valence-electron chi connectivity index (χ1n) is 4.45. The van der Waals surface area contributed by atoms with Crippen molar-refractivity contribution in [2.24, 2.45) is 0 Å². The molecule has 80 valence electrons. The second-order valence-electron chi connectivity index (χ2n) is 2.99. The number of benzene rings is 1. The van der Waals surface area contributed by atoms with E-state index < -0.39 is 5.97 Å². The van der Waals surface area contributed by atoms with Gasteiger partial charge < -0.3 is 14.2 Å². The van der Waals surface area contributed by atoms with Crippen molar-refractivity contribution in [3.05, 3.63) is 17.7 Å². The zero-order valence-electron chi connectivity index (χ0n) is 9.29. The zero-order chi connectivity index (χ0) is 11.4. The summed E-state index contributed by atoms with van der Waals surface area (Å²) < 4.78 is 14.9. The van der Waals surface area contributed by atoms with Crippen LogP contribution < -0.4 is 14.9 Å². The molecular weight excluding hydrogens is 195 g/mol. The molecule has 5 heteroatoms. The van der Waals surface area contributed by atoms with Crippen molar-refractivity contribution in [3.63, 3.8) is 0 Å². The number of rotatable bonds is 3. The summed E-state index contributed by atoms with van der Waals surface area (Å²) in [6.45, 7) is 0. The van der Waals surface area contributed by atoms with Crippen LogP contribution in [0.3, 0.4) is 0 Å². The van der Waals surface area contributed by atoms with Gasteiger partial charge >= 0.3 is 5.97 Å². The molecule has 0 fully saturated rings. The molecule has 1 aromatic carbocycles. The van der Waals surface area contributed by atoms with E-state index in [-0.39, 0.29) is 0 Å². The van der Waals surface area contributed by atoms with Gasteiger partial charge in [0.05, 0.1) is 26.9 Å². The number of hydrogen-bond acceptors (Lipinski definition) is 4. The minimum absolute atomic E-state index is 0.398. The molecule has 0 radical (unpaired) electrons. The first-order chi connectivity index (χ1) is 7.13. The molecule has 0 aromatic heterocycles. The standard InChI is InChI=1S/C10H13BO4/c1-13-6-4-7(10(12)15-3)9(11)8(5-6)14-2/h4-5H,11H2,1-3H3. The summed E-state index contributed by atoms with van der Waals surface area (Å²) in [6, 6.07) is 3.35. The Balaban J connectivity index is 3.30. The van der Waals surface area contributed by atoms with Crippen molar-refractivity contribution >= 4 is 19.3 Å². The van der Waals surface area contributed by atoms with Gasteiger partial charge in [-0.2, -0.15) is 0 Å². The highest BCUT2D eigenvalue weighted by Crippen LogP contribution is 2.20. The molecule has 1 rings (SSSR count). The smallest absolute Gasteiger partial charge is 0.337 e. The van der Waals surface area contributed by atoms with Crippen LogP contribution >= 0.6 is 0 Å². The summed E-state index contributed by atoms with van der Waals surface area (Å²) in [5.41, 5.74) is 1.19. The average Bonchev–Trinajstić information content (AvgIpc) is 2.28. The first kappa shape index (κ1) is 11.4. The van der Waals surface area contributed by atoms with Gasteiger partial charge in [0.2, 0.25) is 0 Å². The maximum atomic E-state index is 11.4. The van der Waals surface area contributed by atoms with Crippen molar-refractivity contribution in [3.8, 4) is 11.5 Å². The molecule has 4 nitrogen and oxygen atoms in total. The maximum Gasteiger partial charge on any atom is 0.337 e. The molecule has 0 aliphatic rings. The third kappa shape index (κ3) is 2.23. The van der Waals surface area contributed by atoms with E-state index in [0.29, 0.717) is 17.1 Å². The Kier molecular flexibility index (Phi) is 3.60. The Morgan fingerprint density at radius 3 is 2.33 bits per heavy atom. The van der Waals surface area contributed by atoms with E-state index >= 15 is 0 Å². The molecular formula is C10H13BO4. The van der Waals surface area contributed by atoms with Gasteiger partial charge in [-0.3, -0.25) is 0 Å². The molecule has 0 bridgehead atoms. The van der Waals surface area contributed by atoms with E-state index in [0.717, 1.165) is 5.46 Å². The van der Waals surface area contributed by atoms with Gasteiger partial charge in [0.1, 0.15) is 19.3 Å². The number of carbonyl (C=O) groups is 1. The molecule has 0 saturated carbocycles. The lowest BCUT2D eigenvalue weighted by Gasteiger charge is -2.11. The van der Waals surface area contributed by atoms with Crippen molar-refractivity contribution in [2.75, 3.05) is 21.3 Å². The Bertz CT molecular complexity index is 376. The monoisotopic (exact) mass is 208 g/mol. The Labute approximate surface area is 89.5 Å². The number of ether oxygens (including phenoxy) is 3. The Hall–Kier alpha value is -1.65. The molecule has 0 heterocycles. The van der Waals surface area contributed by atoms with Crippen LogP contribution in [0.25, 0.3) is 0 Å². The second-order valence-corrected chi connectivity index (χ2v) is 2.99. The van der Waals surface area contributed by atoms with E-state index in [2.05, 4.69) is 4.74 Å². The van der Waals surface area contributed by atoms with E-state index in [4.69, 9.17) is 9.47 Å². The predicted octanol–water partition coefficient (Wildman–Crippen LogP) is -0.251. The highest BCUT2D eigenvalue weighted by Gasteiger charge is 2.14. The molecule has 0 amide bonds. The lowest BCUT2D eigenvalue weighted by molar-refractivity contribution is 0.0601. The largest absolute Gasteiger partial charge is 0.497 e. The lowest BCUT2D eigenvalue weighted by Crippen LogP contribution is -2.19. The molecule has 0 atom stereocenters. The van der Waals surface area contributed by atoms with E-state index in [9.17, 15) is 4.79 Å². The SMILES string of the molecule is Bc1c(OC)cc(OC)cc1C(=O)OC. The summed E-state index contributed by atoms with van der Waals surface area (Å²) in [5.74, 6) is 0.775. The highest BCUT2D eigenvalue weighted by molar-refractivity contribution is 6.38. The van der Waals surface area contributed by atoms with Gasteiger partial charge in [-0.15, -0.1) is 0 Å². The maximum absolute atomic E-state index is 11.4. The minimum atomic E-state index is -0.398. The van der Waals surface area contributed by atoms with Crippen molar-refractivity contribution in [2.45, 2.75) is 0 Å². The molecule has 0 spiro atoms. The fraction of sp³-hybridized carbons (Fsp3) is 0.300. The third-order valence-corrected chi connectivity index (χ3v) is 2.19.